The van der Waals surface area contributed by atoms with Gasteiger partial charge < -0.3 is 9.84 Å². The second-order valence-corrected chi connectivity index (χ2v) is 3.22. The molecule has 0 spiro atoms. The molecule has 0 amide bonds. The SMILES string of the molecule is C=C(C(=O)CCC)C(=O)OCCCCO. The number of carbonyl (C=O) groups is 2. The number of aliphatic hydroxyl groups excluding tert-OH is 1. The predicted molar refractivity (Wildman–Crippen MR) is 56.3 cm³/mol. The molecule has 0 aromatic heterocycles. The van der Waals surface area contributed by atoms with E-state index < -0.39 is 5.97 Å². The molecule has 0 fully saturated rings. The van der Waals surface area contributed by atoms with Crippen molar-refractivity contribution in [3.63, 3.8) is 0 Å². The van der Waals surface area contributed by atoms with Gasteiger partial charge in [-0.1, -0.05) is 13.5 Å². The van der Waals surface area contributed by atoms with Crippen molar-refractivity contribution in [1.82, 2.24) is 0 Å². The molecule has 0 unspecified atom stereocenters. The first-order chi connectivity index (χ1) is 7.13. The molecule has 15 heavy (non-hydrogen) atoms. The number of hydrogen-bond acceptors (Lipinski definition) is 4. The molecule has 0 radical (unpaired) electrons. The molecule has 1 N–H and O–H groups in total. The number of hydrogen-bond donors (Lipinski definition) is 1. The van der Waals surface area contributed by atoms with Crippen LogP contribution in [0.5, 0.6) is 0 Å². The van der Waals surface area contributed by atoms with Crippen molar-refractivity contribution < 1.29 is 19.4 Å². The Morgan fingerprint density at radius 2 is 2.00 bits per heavy atom. The zero-order valence-electron chi connectivity index (χ0n) is 9.12. The van der Waals surface area contributed by atoms with Gasteiger partial charge in [-0.25, -0.2) is 4.79 Å². The Morgan fingerprint density at radius 3 is 2.53 bits per heavy atom. The number of esters is 1. The maximum atomic E-state index is 11.2. The van der Waals surface area contributed by atoms with E-state index in [1.54, 1.807) is 0 Å². The van der Waals surface area contributed by atoms with E-state index in [0.717, 1.165) is 0 Å². The van der Waals surface area contributed by atoms with E-state index >= 15 is 0 Å². The molecule has 0 atom stereocenters. The summed E-state index contributed by atoms with van der Waals surface area (Å²) in [6, 6.07) is 0. The lowest BCUT2D eigenvalue weighted by Crippen LogP contribution is -2.15. The highest BCUT2D eigenvalue weighted by molar-refractivity contribution is 6.16. The third-order valence-electron chi connectivity index (χ3n) is 1.85. The van der Waals surface area contributed by atoms with E-state index in [9.17, 15) is 9.59 Å². The maximum Gasteiger partial charge on any atom is 0.341 e. The largest absolute Gasteiger partial charge is 0.462 e. The smallest absolute Gasteiger partial charge is 0.341 e. The van der Waals surface area contributed by atoms with Crippen molar-refractivity contribution in [2.45, 2.75) is 32.6 Å². The fourth-order valence-electron chi connectivity index (χ4n) is 0.958. The Hall–Kier alpha value is -1.16. The topological polar surface area (TPSA) is 63.6 Å². The van der Waals surface area contributed by atoms with E-state index in [-0.39, 0.29) is 24.6 Å². The molecule has 0 aliphatic carbocycles. The summed E-state index contributed by atoms with van der Waals surface area (Å²) in [6.07, 6.45) is 2.19. The number of unbranched alkanes of at least 4 members (excludes halogenated alkanes) is 1. The number of ketones is 1. The van der Waals surface area contributed by atoms with Crippen LogP contribution >= 0.6 is 0 Å². The average Bonchev–Trinajstić information content (AvgIpc) is 2.23. The van der Waals surface area contributed by atoms with Crippen LogP contribution in [0.2, 0.25) is 0 Å². The van der Waals surface area contributed by atoms with Crippen molar-refractivity contribution in [3.05, 3.63) is 12.2 Å². The van der Waals surface area contributed by atoms with Gasteiger partial charge in [0.2, 0.25) is 0 Å². The Labute approximate surface area is 89.9 Å². The van der Waals surface area contributed by atoms with Crippen LogP contribution in [0.3, 0.4) is 0 Å². The highest BCUT2D eigenvalue weighted by atomic mass is 16.5. The summed E-state index contributed by atoms with van der Waals surface area (Å²) in [7, 11) is 0. The first-order valence-corrected chi connectivity index (χ1v) is 5.13. The number of Topliss-reactive ketones (excluding diaryl/α,β-unsaturated/α-hetero) is 1. The van der Waals surface area contributed by atoms with E-state index in [1.165, 1.54) is 0 Å². The van der Waals surface area contributed by atoms with Crippen molar-refractivity contribution in [2.24, 2.45) is 0 Å². The minimum Gasteiger partial charge on any atom is -0.462 e. The zero-order valence-corrected chi connectivity index (χ0v) is 9.12. The minimum atomic E-state index is -0.647. The molecule has 86 valence electrons. The molecular formula is C11H18O4. The number of rotatable bonds is 8. The Balaban J connectivity index is 3.79. The Morgan fingerprint density at radius 1 is 1.33 bits per heavy atom. The quantitative estimate of drug-likeness (QED) is 0.217. The standard InChI is InChI=1S/C11H18O4/c1-3-6-10(13)9(2)11(14)15-8-5-4-7-12/h12H,2-8H2,1H3. The lowest BCUT2D eigenvalue weighted by Gasteiger charge is -2.05. The van der Waals surface area contributed by atoms with Crippen LogP contribution in [0.25, 0.3) is 0 Å². The maximum absolute atomic E-state index is 11.2. The van der Waals surface area contributed by atoms with Crippen LogP contribution in [-0.4, -0.2) is 30.1 Å². The van der Waals surface area contributed by atoms with Crippen LogP contribution in [0.1, 0.15) is 32.6 Å². The van der Waals surface area contributed by atoms with Gasteiger partial charge in [0, 0.05) is 13.0 Å². The van der Waals surface area contributed by atoms with E-state index in [4.69, 9.17) is 9.84 Å². The van der Waals surface area contributed by atoms with Crippen LogP contribution < -0.4 is 0 Å². The van der Waals surface area contributed by atoms with Crippen LogP contribution in [0.4, 0.5) is 0 Å². The van der Waals surface area contributed by atoms with Gasteiger partial charge >= 0.3 is 5.97 Å². The number of aliphatic hydroxyl groups is 1. The average molecular weight is 214 g/mol. The number of carbonyl (C=O) groups excluding carboxylic acids is 2. The number of ether oxygens (including phenoxy) is 1. The summed E-state index contributed by atoms with van der Waals surface area (Å²) < 4.78 is 4.80. The molecule has 0 bridgehead atoms. The Kier molecular flexibility index (Phi) is 7.54. The van der Waals surface area contributed by atoms with Crippen molar-refractivity contribution in [1.29, 1.82) is 0 Å². The molecule has 0 heterocycles. The van der Waals surface area contributed by atoms with E-state index in [0.29, 0.717) is 25.7 Å². The van der Waals surface area contributed by atoms with Crippen LogP contribution in [-0.2, 0) is 14.3 Å². The van der Waals surface area contributed by atoms with Crippen molar-refractivity contribution >= 4 is 11.8 Å². The van der Waals surface area contributed by atoms with Gasteiger partial charge in [-0.3, -0.25) is 4.79 Å². The van der Waals surface area contributed by atoms with Crippen LogP contribution in [0, 0.1) is 0 Å². The van der Waals surface area contributed by atoms with Crippen LogP contribution in [0.15, 0.2) is 12.2 Å². The second-order valence-electron chi connectivity index (χ2n) is 3.22. The molecule has 4 heteroatoms. The third kappa shape index (κ3) is 6.01. The highest BCUT2D eigenvalue weighted by Gasteiger charge is 2.15. The second kappa shape index (κ2) is 8.17. The molecule has 0 saturated carbocycles. The molecular weight excluding hydrogens is 196 g/mol. The molecule has 0 aromatic carbocycles. The van der Waals surface area contributed by atoms with Gasteiger partial charge in [-0.2, -0.15) is 0 Å². The minimum absolute atomic E-state index is 0.0766. The molecule has 0 aliphatic heterocycles. The summed E-state index contributed by atoms with van der Waals surface area (Å²) in [6.45, 7) is 5.55. The molecule has 0 saturated heterocycles. The van der Waals surface area contributed by atoms with Crippen molar-refractivity contribution in [2.75, 3.05) is 13.2 Å². The summed E-state index contributed by atoms with van der Waals surface area (Å²) in [5.74, 6) is -0.906. The first kappa shape index (κ1) is 13.8. The first-order valence-electron chi connectivity index (χ1n) is 5.13. The summed E-state index contributed by atoms with van der Waals surface area (Å²) in [4.78, 5) is 22.5. The summed E-state index contributed by atoms with van der Waals surface area (Å²) >= 11 is 0. The summed E-state index contributed by atoms with van der Waals surface area (Å²) in [5, 5.41) is 8.49. The lowest BCUT2D eigenvalue weighted by atomic mass is 10.1. The summed E-state index contributed by atoms with van der Waals surface area (Å²) in [5.41, 5.74) is -0.0825. The highest BCUT2D eigenvalue weighted by Crippen LogP contribution is 2.03. The van der Waals surface area contributed by atoms with Crippen molar-refractivity contribution in [3.8, 4) is 0 Å². The van der Waals surface area contributed by atoms with E-state index in [1.807, 2.05) is 6.92 Å². The normalized spacial score (nSPS) is 9.73. The molecule has 0 aromatic rings. The Bertz CT molecular complexity index is 233. The fourth-order valence-corrected chi connectivity index (χ4v) is 0.958. The monoisotopic (exact) mass is 214 g/mol. The van der Waals surface area contributed by atoms with Gasteiger partial charge in [0.25, 0.3) is 0 Å². The third-order valence-corrected chi connectivity index (χ3v) is 1.85. The predicted octanol–water partition coefficient (Wildman–Crippen LogP) is 1.23. The lowest BCUT2D eigenvalue weighted by molar-refractivity contribution is -0.140. The molecule has 4 nitrogen and oxygen atoms in total. The van der Waals surface area contributed by atoms with Gasteiger partial charge in [0.1, 0.15) is 0 Å². The fraction of sp³-hybridized carbons (Fsp3) is 0.636. The van der Waals surface area contributed by atoms with Gasteiger partial charge in [-0.05, 0) is 19.3 Å². The molecule has 0 aliphatic rings. The van der Waals surface area contributed by atoms with E-state index in [2.05, 4.69) is 6.58 Å². The van der Waals surface area contributed by atoms with Gasteiger partial charge in [-0.15, -0.1) is 0 Å². The van der Waals surface area contributed by atoms with Gasteiger partial charge in [0.05, 0.1) is 12.2 Å². The van der Waals surface area contributed by atoms with Gasteiger partial charge in [0.15, 0.2) is 5.78 Å². The molecule has 0 rings (SSSR count). The zero-order chi connectivity index (χ0) is 11.7.